The van der Waals surface area contributed by atoms with Gasteiger partial charge in [-0.1, -0.05) is 18.2 Å². The van der Waals surface area contributed by atoms with Crippen LogP contribution in [-0.4, -0.2) is 41.3 Å². The van der Waals surface area contributed by atoms with Crippen LogP contribution in [0.15, 0.2) is 48.5 Å². The lowest BCUT2D eigenvalue weighted by Gasteiger charge is -2.26. The number of hydrogen-bond acceptors (Lipinski definition) is 6. The van der Waals surface area contributed by atoms with Gasteiger partial charge in [-0.05, 0) is 43.3 Å². The molecule has 2 aromatic carbocycles. The number of nitrogens with one attached hydrogen (secondary N) is 1. The summed E-state index contributed by atoms with van der Waals surface area (Å²) in [5, 5.41) is 22.9. The van der Waals surface area contributed by atoms with E-state index < -0.39 is 10.8 Å². The number of anilines is 1. The van der Waals surface area contributed by atoms with Crippen molar-refractivity contribution >= 4 is 34.6 Å². The van der Waals surface area contributed by atoms with Crippen LogP contribution in [0, 0.1) is 10.1 Å². The van der Waals surface area contributed by atoms with Gasteiger partial charge in [0.2, 0.25) is 0 Å². The summed E-state index contributed by atoms with van der Waals surface area (Å²) < 4.78 is 5.23. The predicted octanol–water partition coefficient (Wildman–Crippen LogP) is 2.90. The fraction of sp³-hybridized carbons (Fsp3) is 0.263. The number of thiocarbonyl (C=S) groups is 1. The molecule has 2 aromatic rings. The molecule has 9 heteroatoms. The van der Waals surface area contributed by atoms with Crippen LogP contribution in [0.2, 0.25) is 0 Å². The first-order valence-electron chi connectivity index (χ1n) is 8.59. The zero-order valence-corrected chi connectivity index (χ0v) is 16.1. The first-order valence-corrected chi connectivity index (χ1v) is 9.00. The number of amides is 1. The van der Waals surface area contributed by atoms with Gasteiger partial charge in [0, 0.05) is 31.0 Å². The Morgan fingerprint density at radius 3 is 2.68 bits per heavy atom. The Labute approximate surface area is 167 Å². The van der Waals surface area contributed by atoms with Crippen LogP contribution in [0.5, 0.6) is 5.75 Å². The minimum absolute atomic E-state index is 0.0429. The van der Waals surface area contributed by atoms with E-state index in [2.05, 4.69) is 5.32 Å². The molecule has 0 aliphatic heterocycles. The number of carbonyl (C=O) groups is 1. The SMILES string of the molecule is COc1cccc(N(CCCCO)C(=S)NC(=O)c2ccccc2[N+](=O)[O-])c1. The molecular formula is C19H21N3O5S. The van der Waals surface area contributed by atoms with Crippen LogP contribution >= 0.6 is 12.2 Å². The van der Waals surface area contributed by atoms with Crippen molar-refractivity contribution in [2.45, 2.75) is 12.8 Å². The standard InChI is InChI=1S/C19H21N3O5S/c1-27-15-8-6-7-14(13-15)21(11-4-5-12-23)19(28)20-18(24)16-9-2-3-10-17(16)22(25)26/h2-3,6-10,13,23H,4-5,11-12H2,1H3,(H,20,24,28). The zero-order valence-electron chi connectivity index (χ0n) is 15.3. The van der Waals surface area contributed by atoms with Gasteiger partial charge in [-0.15, -0.1) is 0 Å². The summed E-state index contributed by atoms with van der Waals surface area (Å²) in [5.74, 6) is -0.0372. The van der Waals surface area contributed by atoms with Crippen LogP contribution in [0.1, 0.15) is 23.2 Å². The number of unbranched alkanes of at least 4 members (excludes halogenated alkanes) is 1. The van der Waals surface area contributed by atoms with Gasteiger partial charge >= 0.3 is 0 Å². The van der Waals surface area contributed by atoms with Gasteiger partial charge in [0.15, 0.2) is 5.11 Å². The number of carbonyl (C=O) groups excluding carboxylic acids is 1. The Bertz CT molecular complexity index is 859. The van der Waals surface area contributed by atoms with Gasteiger partial charge in [-0.3, -0.25) is 20.2 Å². The quantitative estimate of drug-likeness (QED) is 0.302. The van der Waals surface area contributed by atoms with Crippen molar-refractivity contribution in [2.75, 3.05) is 25.2 Å². The number of para-hydroxylation sites is 1. The van der Waals surface area contributed by atoms with Crippen molar-refractivity contribution in [1.29, 1.82) is 0 Å². The zero-order chi connectivity index (χ0) is 20.5. The number of nitro groups is 1. The summed E-state index contributed by atoms with van der Waals surface area (Å²) in [7, 11) is 1.55. The highest BCUT2D eigenvalue weighted by Crippen LogP contribution is 2.22. The Morgan fingerprint density at radius 2 is 2.00 bits per heavy atom. The van der Waals surface area contributed by atoms with E-state index in [9.17, 15) is 14.9 Å². The summed E-state index contributed by atoms with van der Waals surface area (Å²) in [4.78, 5) is 24.8. The molecule has 2 rings (SSSR count). The molecule has 0 atom stereocenters. The number of hydrogen-bond donors (Lipinski definition) is 2. The maximum atomic E-state index is 12.6. The van der Waals surface area contributed by atoms with E-state index in [-0.39, 0.29) is 23.0 Å². The Hall–Kier alpha value is -3.04. The van der Waals surface area contributed by atoms with E-state index in [1.165, 1.54) is 18.2 Å². The minimum Gasteiger partial charge on any atom is -0.497 e. The fourth-order valence-corrected chi connectivity index (χ4v) is 2.85. The molecule has 0 aliphatic carbocycles. The maximum absolute atomic E-state index is 12.6. The van der Waals surface area contributed by atoms with Crippen LogP contribution in [-0.2, 0) is 0 Å². The summed E-state index contributed by atoms with van der Waals surface area (Å²) in [5.41, 5.74) is 0.331. The van der Waals surface area contributed by atoms with E-state index in [0.29, 0.717) is 30.8 Å². The number of nitrogens with zero attached hydrogens (tertiary/aromatic N) is 2. The van der Waals surface area contributed by atoms with Gasteiger partial charge in [0.25, 0.3) is 11.6 Å². The highest BCUT2D eigenvalue weighted by molar-refractivity contribution is 7.80. The lowest BCUT2D eigenvalue weighted by atomic mass is 10.1. The van der Waals surface area contributed by atoms with Crippen molar-refractivity contribution in [3.63, 3.8) is 0 Å². The summed E-state index contributed by atoms with van der Waals surface area (Å²) in [6.07, 6.45) is 1.20. The second-order valence-electron chi connectivity index (χ2n) is 5.82. The second-order valence-corrected chi connectivity index (χ2v) is 6.20. The number of methoxy groups -OCH3 is 1. The molecule has 1 amide bonds. The molecule has 0 fully saturated rings. The van der Waals surface area contributed by atoms with E-state index in [4.69, 9.17) is 22.1 Å². The average Bonchev–Trinajstić information content (AvgIpc) is 2.71. The van der Waals surface area contributed by atoms with Crippen molar-refractivity contribution in [2.24, 2.45) is 0 Å². The molecule has 0 saturated carbocycles. The number of benzene rings is 2. The van der Waals surface area contributed by atoms with Gasteiger partial charge in [-0.25, -0.2) is 0 Å². The molecule has 0 heterocycles. The summed E-state index contributed by atoms with van der Waals surface area (Å²) >= 11 is 5.39. The first-order chi connectivity index (χ1) is 13.5. The topological polar surface area (TPSA) is 105 Å². The molecule has 8 nitrogen and oxygen atoms in total. The van der Waals surface area contributed by atoms with Crippen LogP contribution < -0.4 is 15.0 Å². The Morgan fingerprint density at radius 1 is 1.25 bits per heavy atom. The Balaban J connectivity index is 2.24. The minimum atomic E-state index is -0.660. The van der Waals surface area contributed by atoms with Crippen molar-refractivity contribution in [3.05, 3.63) is 64.2 Å². The third-order valence-corrected chi connectivity index (χ3v) is 4.29. The van der Waals surface area contributed by atoms with Gasteiger partial charge < -0.3 is 14.7 Å². The lowest BCUT2D eigenvalue weighted by Crippen LogP contribution is -2.43. The van der Waals surface area contributed by atoms with E-state index in [0.717, 1.165) is 0 Å². The highest BCUT2D eigenvalue weighted by Gasteiger charge is 2.22. The average molecular weight is 403 g/mol. The normalized spacial score (nSPS) is 10.2. The molecule has 2 N–H and O–H groups in total. The van der Waals surface area contributed by atoms with Crippen molar-refractivity contribution < 1.29 is 19.6 Å². The Kier molecular flexibility index (Phi) is 7.85. The summed E-state index contributed by atoms with van der Waals surface area (Å²) in [6.45, 7) is 0.491. The third kappa shape index (κ3) is 5.48. The largest absolute Gasteiger partial charge is 0.497 e. The number of ether oxygens (including phenoxy) is 1. The predicted molar refractivity (Wildman–Crippen MR) is 110 cm³/mol. The molecule has 0 spiro atoms. The van der Waals surface area contributed by atoms with E-state index >= 15 is 0 Å². The highest BCUT2D eigenvalue weighted by atomic mass is 32.1. The molecule has 0 aromatic heterocycles. The number of rotatable bonds is 8. The lowest BCUT2D eigenvalue weighted by molar-refractivity contribution is -0.385. The number of aliphatic hydroxyl groups excluding tert-OH is 1. The van der Waals surface area contributed by atoms with Crippen LogP contribution in [0.4, 0.5) is 11.4 Å². The van der Waals surface area contributed by atoms with Crippen molar-refractivity contribution in [3.8, 4) is 5.75 Å². The van der Waals surface area contributed by atoms with Gasteiger partial charge in [-0.2, -0.15) is 0 Å². The second kappa shape index (κ2) is 10.3. The van der Waals surface area contributed by atoms with Gasteiger partial charge in [0.1, 0.15) is 11.3 Å². The smallest absolute Gasteiger partial charge is 0.282 e. The third-order valence-electron chi connectivity index (χ3n) is 3.97. The molecule has 0 saturated heterocycles. The van der Waals surface area contributed by atoms with E-state index in [1.807, 2.05) is 6.07 Å². The molecule has 28 heavy (non-hydrogen) atoms. The van der Waals surface area contributed by atoms with Crippen molar-refractivity contribution in [1.82, 2.24) is 5.32 Å². The number of aliphatic hydroxyl groups is 1. The van der Waals surface area contributed by atoms with Crippen LogP contribution in [0.3, 0.4) is 0 Å². The molecule has 0 aliphatic rings. The molecule has 0 radical (unpaired) electrons. The first kappa shape index (κ1) is 21.3. The summed E-state index contributed by atoms with van der Waals surface area (Å²) in [6, 6.07) is 12.8. The van der Waals surface area contributed by atoms with E-state index in [1.54, 1.807) is 36.3 Å². The molecule has 0 unspecified atom stereocenters. The van der Waals surface area contributed by atoms with Crippen LogP contribution in [0.25, 0.3) is 0 Å². The molecule has 148 valence electrons. The monoisotopic (exact) mass is 403 g/mol. The molecular weight excluding hydrogens is 382 g/mol. The maximum Gasteiger partial charge on any atom is 0.282 e. The fourth-order valence-electron chi connectivity index (χ4n) is 2.56. The van der Waals surface area contributed by atoms with Gasteiger partial charge in [0.05, 0.1) is 12.0 Å². The molecule has 0 bridgehead atoms. The number of nitro benzene ring substituents is 1.